The van der Waals surface area contributed by atoms with E-state index in [2.05, 4.69) is 15.3 Å². The maximum atomic E-state index is 13.3. The number of alkyl halides is 3. The minimum atomic E-state index is -4.59. The van der Waals surface area contributed by atoms with Gasteiger partial charge in [0.15, 0.2) is 0 Å². The van der Waals surface area contributed by atoms with Crippen LogP contribution in [0.2, 0.25) is 0 Å². The Morgan fingerprint density at radius 3 is 2.26 bits per heavy atom. The highest BCUT2D eigenvalue weighted by Crippen LogP contribution is 2.34. The van der Waals surface area contributed by atoms with Gasteiger partial charge in [0, 0.05) is 45.1 Å². The standard InChI is InChI=1S/C24H24F3N5O2/c25-24(26,27)20-4-2-1-3-19(20)22(34)31-11-17-13-32(14-18(17)12-31)23-29-9-16(10-30-23)21(33)28-8-7-15-5-6-15/h1-4,9-10,15H,5-8,11-14H2,(H,28,33). The van der Waals surface area contributed by atoms with Crippen LogP contribution in [0.25, 0.3) is 0 Å². The zero-order valence-electron chi connectivity index (χ0n) is 18.4. The predicted molar refractivity (Wildman–Crippen MR) is 118 cm³/mol. The number of nitrogens with one attached hydrogen (secondary N) is 1. The van der Waals surface area contributed by atoms with E-state index in [1.54, 1.807) is 0 Å². The van der Waals surface area contributed by atoms with Gasteiger partial charge in [-0.1, -0.05) is 25.0 Å². The third-order valence-corrected chi connectivity index (χ3v) is 6.50. The van der Waals surface area contributed by atoms with Crippen molar-refractivity contribution in [3.8, 4) is 0 Å². The molecular weight excluding hydrogens is 447 g/mol. The maximum absolute atomic E-state index is 13.3. The smallest absolute Gasteiger partial charge is 0.352 e. The molecule has 3 heterocycles. The fourth-order valence-corrected chi connectivity index (χ4v) is 4.45. The van der Waals surface area contributed by atoms with Crippen molar-refractivity contribution in [3.63, 3.8) is 0 Å². The first-order chi connectivity index (χ1) is 16.3. The summed E-state index contributed by atoms with van der Waals surface area (Å²) in [6.07, 6.45) is 1.90. The van der Waals surface area contributed by atoms with Crippen LogP contribution >= 0.6 is 0 Å². The third kappa shape index (κ3) is 4.62. The molecule has 1 saturated carbocycles. The molecule has 2 aromatic rings. The summed E-state index contributed by atoms with van der Waals surface area (Å²) in [5.41, 5.74) is 1.13. The van der Waals surface area contributed by atoms with Crippen molar-refractivity contribution in [2.24, 2.45) is 5.92 Å². The van der Waals surface area contributed by atoms with Crippen LogP contribution in [-0.4, -0.2) is 59.4 Å². The largest absolute Gasteiger partial charge is 0.417 e. The molecular formula is C24H24F3N5O2. The van der Waals surface area contributed by atoms with Crippen LogP contribution in [0.3, 0.4) is 0 Å². The number of carbonyl (C=O) groups is 2. The quantitative estimate of drug-likeness (QED) is 0.655. The molecule has 3 aliphatic rings. The zero-order valence-corrected chi connectivity index (χ0v) is 18.4. The molecule has 1 N–H and O–H groups in total. The molecule has 1 aromatic heterocycles. The first kappa shape index (κ1) is 22.4. The fraction of sp³-hybridized carbons (Fsp3) is 0.417. The molecule has 5 rings (SSSR count). The van der Waals surface area contributed by atoms with Crippen LogP contribution in [0, 0.1) is 5.92 Å². The topological polar surface area (TPSA) is 78.4 Å². The molecule has 10 heteroatoms. The summed E-state index contributed by atoms with van der Waals surface area (Å²) in [7, 11) is 0. The zero-order chi connectivity index (χ0) is 23.9. The molecule has 1 aromatic carbocycles. The number of rotatable bonds is 6. The number of carbonyl (C=O) groups excluding carboxylic acids is 2. The van der Waals surface area contributed by atoms with E-state index in [1.165, 1.54) is 48.3 Å². The van der Waals surface area contributed by atoms with E-state index in [0.717, 1.165) is 29.6 Å². The lowest BCUT2D eigenvalue weighted by Gasteiger charge is -2.24. The van der Waals surface area contributed by atoms with Crippen molar-refractivity contribution >= 4 is 17.8 Å². The number of anilines is 1. The SMILES string of the molecule is O=C(NCCC1CC1)c1cnc(N2CC3=C(CN(C(=O)c4ccccc4C(F)(F)F)C3)C2)nc1. The number of hydrogen-bond donors (Lipinski definition) is 1. The van der Waals surface area contributed by atoms with Gasteiger partial charge in [0.2, 0.25) is 5.95 Å². The van der Waals surface area contributed by atoms with Crippen LogP contribution in [0.4, 0.5) is 19.1 Å². The van der Waals surface area contributed by atoms with E-state index in [-0.39, 0.29) is 24.6 Å². The molecule has 2 amide bonds. The molecule has 0 bridgehead atoms. The van der Waals surface area contributed by atoms with E-state index in [0.29, 0.717) is 31.1 Å². The van der Waals surface area contributed by atoms with E-state index in [9.17, 15) is 22.8 Å². The van der Waals surface area contributed by atoms with Crippen molar-refractivity contribution in [2.45, 2.75) is 25.4 Å². The van der Waals surface area contributed by atoms with Crippen LogP contribution < -0.4 is 10.2 Å². The predicted octanol–water partition coefficient (Wildman–Crippen LogP) is 3.30. The van der Waals surface area contributed by atoms with E-state index >= 15 is 0 Å². The lowest BCUT2D eigenvalue weighted by atomic mass is 10.1. The molecule has 0 saturated heterocycles. The van der Waals surface area contributed by atoms with Crippen molar-refractivity contribution in [1.82, 2.24) is 20.2 Å². The molecule has 7 nitrogen and oxygen atoms in total. The molecule has 178 valence electrons. The van der Waals surface area contributed by atoms with E-state index in [1.807, 2.05) is 4.90 Å². The third-order valence-electron chi connectivity index (χ3n) is 6.50. The fourth-order valence-electron chi connectivity index (χ4n) is 4.45. The Bertz CT molecular complexity index is 1120. The summed E-state index contributed by atoms with van der Waals surface area (Å²) in [6.45, 7) is 2.19. The number of nitrogens with zero attached hydrogens (tertiary/aromatic N) is 4. The Balaban J connectivity index is 1.17. The minimum Gasteiger partial charge on any atom is -0.352 e. The van der Waals surface area contributed by atoms with Gasteiger partial charge < -0.3 is 15.1 Å². The maximum Gasteiger partial charge on any atom is 0.417 e. The van der Waals surface area contributed by atoms with Gasteiger partial charge in [-0.3, -0.25) is 9.59 Å². The van der Waals surface area contributed by atoms with Crippen molar-refractivity contribution in [1.29, 1.82) is 0 Å². The summed E-state index contributed by atoms with van der Waals surface area (Å²) in [5, 5.41) is 2.89. The van der Waals surface area contributed by atoms with Gasteiger partial charge in [0.05, 0.1) is 16.7 Å². The van der Waals surface area contributed by atoms with Crippen molar-refractivity contribution < 1.29 is 22.8 Å². The molecule has 1 fully saturated rings. The Morgan fingerprint density at radius 2 is 1.65 bits per heavy atom. The average molecular weight is 471 g/mol. The van der Waals surface area contributed by atoms with Crippen molar-refractivity contribution in [3.05, 3.63) is 64.5 Å². The highest BCUT2D eigenvalue weighted by atomic mass is 19.4. The summed E-state index contributed by atoms with van der Waals surface area (Å²) in [6, 6.07) is 4.87. The summed E-state index contributed by atoms with van der Waals surface area (Å²) in [4.78, 5) is 37.1. The van der Waals surface area contributed by atoms with Crippen LogP contribution in [0.15, 0.2) is 47.8 Å². The number of amides is 2. The number of hydrogen-bond acceptors (Lipinski definition) is 5. The first-order valence-electron chi connectivity index (χ1n) is 11.3. The Labute approximate surface area is 194 Å². The molecule has 0 spiro atoms. The normalized spacial score (nSPS) is 17.9. The summed E-state index contributed by atoms with van der Waals surface area (Å²) in [5.74, 6) is 0.406. The molecule has 0 atom stereocenters. The molecule has 0 unspecified atom stereocenters. The lowest BCUT2D eigenvalue weighted by Crippen LogP contribution is -2.35. The number of aromatic nitrogens is 2. The van der Waals surface area contributed by atoms with E-state index in [4.69, 9.17) is 0 Å². The number of halogens is 3. The Hall–Kier alpha value is -3.43. The van der Waals surface area contributed by atoms with Gasteiger partial charge in [-0.2, -0.15) is 13.2 Å². The van der Waals surface area contributed by atoms with Gasteiger partial charge in [-0.05, 0) is 35.6 Å². The number of benzene rings is 1. The van der Waals surface area contributed by atoms with E-state index < -0.39 is 17.6 Å². The molecule has 1 aliphatic carbocycles. The second kappa shape index (κ2) is 8.73. The van der Waals surface area contributed by atoms with Gasteiger partial charge in [-0.25, -0.2) is 9.97 Å². The van der Waals surface area contributed by atoms with Crippen LogP contribution in [0.5, 0.6) is 0 Å². The van der Waals surface area contributed by atoms with Crippen LogP contribution in [-0.2, 0) is 6.18 Å². The van der Waals surface area contributed by atoms with Gasteiger partial charge >= 0.3 is 6.18 Å². The Morgan fingerprint density at radius 1 is 1.00 bits per heavy atom. The van der Waals surface area contributed by atoms with Crippen LogP contribution in [0.1, 0.15) is 45.5 Å². The second-order valence-electron chi connectivity index (χ2n) is 9.03. The Kier molecular flexibility index (Phi) is 5.75. The monoisotopic (exact) mass is 471 g/mol. The average Bonchev–Trinajstić information content (AvgIpc) is 3.43. The minimum absolute atomic E-state index is 0.192. The second-order valence-corrected chi connectivity index (χ2v) is 9.03. The highest BCUT2D eigenvalue weighted by Gasteiger charge is 2.38. The van der Waals surface area contributed by atoms with Gasteiger partial charge in [0.25, 0.3) is 11.8 Å². The summed E-state index contributed by atoms with van der Waals surface area (Å²) >= 11 is 0. The molecule has 34 heavy (non-hydrogen) atoms. The van der Waals surface area contributed by atoms with Gasteiger partial charge in [0.1, 0.15) is 0 Å². The molecule has 0 radical (unpaired) electrons. The van der Waals surface area contributed by atoms with Gasteiger partial charge in [-0.15, -0.1) is 0 Å². The first-order valence-corrected chi connectivity index (χ1v) is 11.3. The highest BCUT2D eigenvalue weighted by molar-refractivity contribution is 5.96. The molecule has 2 aliphatic heterocycles. The van der Waals surface area contributed by atoms with Crippen molar-refractivity contribution in [2.75, 3.05) is 37.6 Å². The lowest BCUT2D eigenvalue weighted by molar-refractivity contribution is -0.138. The summed E-state index contributed by atoms with van der Waals surface area (Å²) < 4.78 is 39.9.